The fourth-order valence-electron chi connectivity index (χ4n) is 10.6. The number of rotatable bonds is 5. The van der Waals surface area contributed by atoms with Gasteiger partial charge in [-0.3, -0.25) is 0 Å². The zero-order chi connectivity index (χ0) is 44.0. The van der Waals surface area contributed by atoms with Gasteiger partial charge in [0, 0.05) is 54.9 Å². The van der Waals surface area contributed by atoms with Crippen LogP contribution < -0.4 is 0 Å². The van der Waals surface area contributed by atoms with Gasteiger partial charge in [-0.15, -0.1) is 0 Å². The predicted molar refractivity (Wildman–Crippen MR) is 279 cm³/mol. The Morgan fingerprint density at radius 1 is 0.284 bits per heavy atom. The van der Waals surface area contributed by atoms with Gasteiger partial charge in [0.25, 0.3) is 0 Å². The zero-order valence-corrected chi connectivity index (χ0v) is 36.1. The zero-order valence-electron chi connectivity index (χ0n) is 36.1. The lowest BCUT2D eigenvalue weighted by molar-refractivity contribution is 1.08. The van der Waals surface area contributed by atoms with Crippen LogP contribution in [0.2, 0.25) is 0 Å². The van der Waals surface area contributed by atoms with Crippen LogP contribution in [0.1, 0.15) is 0 Å². The van der Waals surface area contributed by atoms with Gasteiger partial charge < -0.3 is 4.57 Å². The van der Waals surface area contributed by atoms with E-state index in [1.807, 2.05) is 0 Å². The summed E-state index contributed by atoms with van der Waals surface area (Å²) in [5.74, 6) is 1.84. The van der Waals surface area contributed by atoms with Crippen LogP contribution in [0.5, 0.6) is 0 Å². The Labute approximate surface area is 384 Å². The molecule has 0 bridgehead atoms. The van der Waals surface area contributed by atoms with Gasteiger partial charge in [0.15, 0.2) is 17.5 Å². The maximum atomic E-state index is 5.46. The molecular weight excluding hydrogens is 815 g/mol. The van der Waals surface area contributed by atoms with Crippen molar-refractivity contribution in [3.05, 3.63) is 224 Å². The highest BCUT2D eigenvalue weighted by atomic mass is 15.0. The molecule has 5 heteroatoms. The minimum atomic E-state index is 0.592. The predicted octanol–water partition coefficient (Wildman–Crippen LogP) is 16.0. The molecule has 0 saturated heterocycles. The smallest absolute Gasteiger partial charge is 0.164 e. The summed E-state index contributed by atoms with van der Waals surface area (Å²) in [6.45, 7) is 0. The molecule has 5 nitrogen and oxygen atoms in total. The Morgan fingerprint density at radius 3 is 1.48 bits per heavy atom. The second-order valence-corrected chi connectivity index (χ2v) is 17.3. The lowest BCUT2D eigenvalue weighted by Gasteiger charge is -2.15. The van der Waals surface area contributed by atoms with E-state index >= 15 is 0 Å². The normalized spacial score (nSPS) is 11.9. The van der Waals surface area contributed by atoms with Gasteiger partial charge >= 0.3 is 0 Å². The monoisotopic (exact) mass is 851 g/mol. The van der Waals surface area contributed by atoms with Crippen molar-refractivity contribution in [1.29, 1.82) is 0 Å². The van der Waals surface area contributed by atoms with E-state index in [0.717, 1.165) is 87.8 Å². The first-order valence-electron chi connectivity index (χ1n) is 22.7. The van der Waals surface area contributed by atoms with Crippen molar-refractivity contribution in [2.75, 3.05) is 0 Å². The molecule has 0 N–H and O–H groups in total. The average Bonchev–Trinajstić information content (AvgIpc) is 3.75. The third kappa shape index (κ3) is 5.81. The van der Waals surface area contributed by atoms with Crippen molar-refractivity contribution >= 4 is 86.6 Å². The third-order valence-electron chi connectivity index (χ3n) is 13.6. The fourth-order valence-corrected chi connectivity index (χ4v) is 10.6. The molecule has 0 aliphatic carbocycles. The molecule has 67 heavy (non-hydrogen) atoms. The van der Waals surface area contributed by atoms with E-state index in [9.17, 15) is 0 Å². The molecule has 0 aliphatic rings. The van der Waals surface area contributed by atoms with Crippen molar-refractivity contribution in [3.8, 4) is 51.1 Å². The van der Waals surface area contributed by atoms with Gasteiger partial charge in [-0.05, 0) is 91.6 Å². The minimum absolute atomic E-state index is 0.592. The highest BCUT2D eigenvalue weighted by Crippen LogP contribution is 2.43. The summed E-state index contributed by atoms with van der Waals surface area (Å²) in [5, 5.41) is 15.0. The number of benzene rings is 11. The van der Waals surface area contributed by atoms with Crippen LogP contribution in [0.4, 0.5) is 0 Å². The summed E-state index contributed by atoms with van der Waals surface area (Å²) in [6.07, 6.45) is 0. The number of fused-ring (bicyclic) bond motifs is 13. The van der Waals surface area contributed by atoms with Crippen LogP contribution in [0, 0.1) is 0 Å². The first kappa shape index (κ1) is 37.3. The van der Waals surface area contributed by atoms with Crippen LogP contribution in [0.15, 0.2) is 224 Å². The lowest BCUT2D eigenvalue weighted by atomic mass is 9.95. The standard InChI is InChI=1S/C62H37N5/c1-2-21-42(22-3-1)67-55-32-15-13-30-50(55)58-56(67)34-33-51-57(58)49-29-12-14-31-54(49)63-59(51)40-19-16-20-41(35-40)60-64-61(52-36-38-17-4-6-23-43(38)45-25-8-10-27-47(45)52)66-62(65-60)53-37-39-18-5-7-24-44(39)46-26-9-11-28-48(46)53/h1-37H. The molecule has 0 amide bonds. The second kappa shape index (κ2) is 14.7. The van der Waals surface area contributed by atoms with E-state index in [1.54, 1.807) is 0 Å². The van der Waals surface area contributed by atoms with Crippen molar-refractivity contribution in [2.24, 2.45) is 0 Å². The summed E-state index contributed by atoms with van der Waals surface area (Å²) >= 11 is 0. The molecular formula is C62H37N5. The molecule has 0 fully saturated rings. The SMILES string of the molecule is c1ccc(-n2c3ccccc3c3c4c(ccc32)c(-c2cccc(-c3nc(-c5cc6ccccc6c6ccccc56)nc(-c5cc6ccccc6c6ccccc56)n3)c2)nc2ccccc24)cc1. The van der Waals surface area contributed by atoms with Crippen molar-refractivity contribution in [1.82, 2.24) is 24.5 Å². The Hall–Kier alpha value is -9.06. The van der Waals surface area contributed by atoms with Crippen LogP contribution in [-0.4, -0.2) is 24.5 Å². The number of nitrogens with zero attached hydrogens (tertiary/aromatic N) is 5. The van der Waals surface area contributed by atoms with Crippen molar-refractivity contribution in [3.63, 3.8) is 0 Å². The molecule has 0 atom stereocenters. The van der Waals surface area contributed by atoms with Gasteiger partial charge in [-0.1, -0.05) is 176 Å². The molecule has 0 radical (unpaired) electrons. The van der Waals surface area contributed by atoms with Gasteiger partial charge in [0.1, 0.15) is 0 Å². The van der Waals surface area contributed by atoms with Crippen molar-refractivity contribution in [2.45, 2.75) is 0 Å². The Bertz CT molecular complexity index is 4200. The summed E-state index contributed by atoms with van der Waals surface area (Å²) < 4.78 is 2.38. The lowest BCUT2D eigenvalue weighted by Crippen LogP contribution is -2.01. The topological polar surface area (TPSA) is 56.5 Å². The summed E-state index contributed by atoms with van der Waals surface area (Å²) in [6, 6.07) is 79.7. The van der Waals surface area contributed by atoms with E-state index in [4.69, 9.17) is 19.9 Å². The molecule has 3 aromatic heterocycles. The number of aromatic nitrogens is 5. The average molecular weight is 852 g/mol. The van der Waals surface area contributed by atoms with Crippen LogP contribution in [-0.2, 0) is 0 Å². The molecule has 14 rings (SSSR count). The molecule has 0 saturated carbocycles. The Balaban J connectivity index is 1.03. The number of hydrogen-bond donors (Lipinski definition) is 0. The molecule has 0 aliphatic heterocycles. The molecule has 11 aromatic carbocycles. The molecule has 14 aromatic rings. The summed E-state index contributed by atoms with van der Waals surface area (Å²) in [4.78, 5) is 21.7. The van der Waals surface area contributed by atoms with E-state index < -0.39 is 0 Å². The van der Waals surface area contributed by atoms with Crippen LogP contribution >= 0.6 is 0 Å². The van der Waals surface area contributed by atoms with Crippen molar-refractivity contribution < 1.29 is 0 Å². The van der Waals surface area contributed by atoms with Gasteiger partial charge in [-0.2, -0.15) is 0 Å². The number of pyridine rings is 1. The quantitative estimate of drug-likeness (QED) is 0.162. The maximum Gasteiger partial charge on any atom is 0.164 e. The van der Waals surface area contributed by atoms with E-state index in [2.05, 4.69) is 229 Å². The first-order valence-corrected chi connectivity index (χ1v) is 22.7. The van der Waals surface area contributed by atoms with Crippen LogP contribution in [0.3, 0.4) is 0 Å². The second-order valence-electron chi connectivity index (χ2n) is 17.3. The maximum absolute atomic E-state index is 5.46. The van der Waals surface area contributed by atoms with Gasteiger partial charge in [0.2, 0.25) is 0 Å². The van der Waals surface area contributed by atoms with Crippen LogP contribution in [0.25, 0.3) is 138 Å². The van der Waals surface area contributed by atoms with E-state index in [1.165, 1.54) is 32.4 Å². The number of para-hydroxylation sites is 3. The Kier molecular flexibility index (Phi) is 8.21. The van der Waals surface area contributed by atoms with E-state index in [0.29, 0.717) is 17.5 Å². The first-order chi connectivity index (χ1) is 33.2. The minimum Gasteiger partial charge on any atom is -0.309 e. The summed E-state index contributed by atoms with van der Waals surface area (Å²) in [7, 11) is 0. The molecule has 3 heterocycles. The highest BCUT2D eigenvalue weighted by molar-refractivity contribution is 6.29. The fraction of sp³-hybridized carbons (Fsp3) is 0. The van der Waals surface area contributed by atoms with Gasteiger partial charge in [-0.25, -0.2) is 19.9 Å². The molecule has 310 valence electrons. The molecule has 0 spiro atoms. The third-order valence-corrected chi connectivity index (χ3v) is 13.6. The van der Waals surface area contributed by atoms with Gasteiger partial charge in [0.05, 0.1) is 22.2 Å². The highest BCUT2D eigenvalue weighted by Gasteiger charge is 2.22. The largest absolute Gasteiger partial charge is 0.309 e. The summed E-state index contributed by atoms with van der Waals surface area (Å²) in [5.41, 5.74) is 9.08. The van der Waals surface area contributed by atoms with E-state index in [-0.39, 0.29) is 0 Å². The number of hydrogen-bond acceptors (Lipinski definition) is 4. The Morgan fingerprint density at radius 2 is 0.806 bits per heavy atom. The molecule has 0 unspecified atom stereocenters.